The van der Waals surface area contributed by atoms with Crippen molar-refractivity contribution in [1.82, 2.24) is 34.3 Å². The number of ether oxygens (including phenoxy) is 1. The van der Waals surface area contributed by atoms with Crippen molar-refractivity contribution in [2.45, 2.75) is 12.2 Å². The Balaban J connectivity index is 1.31. The molecule has 14 heteroatoms. The smallest absolute Gasteiger partial charge is 0.260 e. The molecule has 0 radical (unpaired) electrons. The van der Waals surface area contributed by atoms with Crippen LogP contribution in [0.5, 0.6) is 0 Å². The first-order chi connectivity index (χ1) is 17.0. The van der Waals surface area contributed by atoms with Gasteiger partial charge in [0, 0.05) is 17.6 Å². The first-order valence-corrected chi connectivity index (χ1v) is 11.3. The number of hydrogen-bond acceptors (Lipinski definition) is 11. The molecule has 6 rings (SSSR count). The number of morpholine rings is 1. The average molecular weight is 491 g/mol. The SMILES string of the molecule is Nc1nsc2c1ccc1nc(C(O)C3OCCN(c4ccn(-c5ccnnc5)n4)C3=O)[nH]c(=O)c12. The topological polar surface area (TPSA) is 178 Å². The average Bonchev–Trinajstić information content (AvgIpc) is 3.51. The molecule has 5 heterocycles. The molecule has 4 aromatic heterocycles. The molecule has 1 saturated heterocycles. The van der Waals surface area contributed by atoms with Gasteiger partial charge in [0.05, 0.1) is 46.8 Å². The zero-order chi connectivity index (χ0) is 24.1. The van der Waals surface area contributed by atoms with Gasteiger partial charge in [0.25, 0.3) is 11.5 Å². The fourth-order valence-electron chi connectivity index (χ4n) is 4.03. The number of H-pyrrole nitrogens is 1. The Morgan fingerprint density at radius 1 is 1.23 bits per heavy atom. The number of amides is 1. The number of aliphatic hydroxyl groups is 1. The number of nitrogens with one attached hydrogen (secondary N) is 1. The van der Waals surface area contributed by atoms with Crippen LogP contribution in [0.15, 0.2) is 47.7 Å². The van der Waals surface area contributed by atoms with Crippen LogP contribution in [0.1, 0.15) is 11.9 Å². The van der Waals surface area contributed by atoms with Crippen molar-refractivity contribution in [3.8, 4) is 5.69 Å². The standard InChI is InChI=1S/C21H17N9O4S/c22-18-11-1-2-12-14(17(11)35-28-18)20(32)26-19(25-12)15(31)16-21(33)29(7-8-34-16)13-4-6-30(27-13)10-3-5-23-24-9-10/h1-6,9,15-16,31H,7-8H2,(H2,22,28)(H,25,26,32). The van der Waals surface area contributed by atoms with Gasteiger partial charge in [-0.3, -0.25) is 14.5 Å². The van der Waals surface area contributed by atoms with E-state index in [1.807, 2.05) is 0 Å². The number of benzene rings is 1. The van der Waals surface area contributed by atoms with Crippen LogP contribution in [0.25, 0.3) is 26.7 Å². The van der Waals surface area contributed by atoms with Crippen molar-refractivity contribution in [3.05, 3.63) is 59.0 Å². The molecule has 5 aromatic rings. The Labute approximate surface area is 200 Å². The van der Waals surface area contributed by atoms with Gasteiger partial charge in [-0.25, -0.2) is 9.67 Å². The maximum Gasteiger partial charge on any atom is 0.260 e. The number of aromatic nitrogens is 7. The number of carbonyl (C=O) groups is 1. The van der Waals surface area contributed by atoms with E-state index < -0.39 is 23.7 Å². The molecule has 35 heavy (non-hydrogen) atoms. The van der Waals surface area contributed by atoms with Gasteiger partial charge in [-0.15, -0.1) is 5.10 Å². The maximum absolute atomic E-state index is 13.2. The van der Waals surface area contributed by atoms with Gasteiger partial charge in [0.1, 0.15) is 17.7 Å². The number of anilines is 2. The van der Waals surface area contributed by atoms with Crippen LogP contribution in [0.4, 0.5) is 11.6 Å². The lowest BCUT2D eigenvalue weighted by atomic mass is 10.1. The molecule has 176 valence electrons. The van der Waals surface area contributed by atoms with Crippen molar-refractivity contribution in [1.29, 1.82) is 0 Å². The number of nitrogen functional groups attached to an aromatic ring is 1. The van der Waals surface area contributed by atoms with Crippen molar-refractivity contribution in [3.63, 3.8) is 0 Å². The zero-order valence-corrected chi connectivity index (χ0v) is 18.7. The minimum absolute atomic E-state index is 0.0760. The quantitative estimate of drug-likeness (QED) is 0.322. The number of nitrogens with zero attached hydrogens (tertiary/aromatic N) is 7. The maximum atomic E-state index is 13.2. The van der Waals surface area contributed by atoms with Gasteiger partial charge in [-0.1, -0.05) is 0 Å². The van der Waals surface area contributed by atoms with Crippen LogP contribution < -0.4 is 16.2 Å². The molecular weight excluding hydrogens is 474 g/mol. The third-order valence-electron chi connectivity index (χ3n) is 5.73. The lowest BCUT2D eigenvalue weighted by Gasteiger charge is -2.32. The summed E-state index contributed by atoms with van der Waals surface area (Å²) in [6, 6.07) is 6.75. The molecular formula is C21H17N9O4S. The van der Waals surface area contributed by atoms with Crippen molar-refractivity contribution >= 4 is 50.1 Å². The van der Waals surface area contributed by atoms with E-state index in [1.54, 1.807) is 41.3 Å². The predicted molar refractivity (Wildman–Crippen MR) is 126 cm³/mol. The van der Waals surface area contributed by atoms with E-state index in [2.05, 4.69) is 29.6 Å². The van der Waals surface area contributed by atoms with Crippen molar-refractivity contribution in [2.24, 2.45) is 0 Å². The Morgan fingerprint density at radius 2 is 2.11 bits per heavy atom. The van der Waals surface area contributed by atoms with Crippen LogP contribution in [0.2, 0.25) is 0 Å². The Morgan fingerprint density at radius 3 is 2.94 bits per heavy atom. The fourth-order valence-corrected chi connectivity index (χ4v) is 4.87. The predicted octanol–water partition coefficient (Wildman–Crippen LogP) is 0.556. The van der Waals surface area contributed by atoms with Crippen LogP contribution in [-0.2, 0) is 9.53 Å². The second-order valence-corrected chi connectivity index (χ2v) is 8.57. The fraction of sp³-hybridized carbons (Fsp3) is 0.190. The summed E-state index contributed by atoms with van der Waals surface area (Å²) in [5, 5.41) is 24.0. The minimum atomic E-state index is -1.50. The van der Waals surface area contributed by atoms with Gasteiger partial charge in [-0.05, 0) is 29.7 Å². The van der Waals surface area contributed by atoms with Crippen LogP contribution in [0, 0.1) is 0 Å². The highest BCUT2D eigenvalue weighted by Gasteiger charge is 2.38. The molecule has 1 amide bonds. The van der Waals surface area contributed by atoms with E-state index in [0.717, 1.165) is 11.5 Å². The number of aliphatic hydroxyl groups excluding tert-OH is 1. The lowest BCUT2D eigenvalue weighted by Crippen LogP contribution is -2.50. The summed E-state index contributed by atoms with van der Waals surface area (Å²) in [6.07, 6.45) is 1.99. The highest BCUT2D eigenvalue weighted by molar-refractivity contribution is 7.14. The molecule has 1 aliphatic rings. The molecule has 0 bridgehead atoms. The Bertz CT molecular complexity index is 1630. The van der Waals surface area contributed by atoms with Gasteiger partial charge in [0.2, 0.25) is 0 Å². The lowest BCUT2D eigenvalue weighted by molar-refractivity contribution is -0.143. The molecule has 0 aliphatic carbocycles. The molecule has 1 aliphatic heterocycles. The first kappa shape index (κ1) is 21.3. The summed E-state index contributed by atoms with van der Waals surface area (Å²) in [7, 11) is 0. The third-order valence-corrected chi connectivity index (χ3v) is 6.62. The highest BCUT2D eigenvalue weighted by Crippen LogP contribution is 2.30. The first-order valence-electron chi connectivity index (χ1n) is 10.5. The zero-order valence-electron chi connectivity index (χ0n) is 17.9. The van der Waals surface area contributed by atoms with Crippen molar-refractivity contribution < 1.29 is 14.6 Å². The summed E-state index contributed by atoms with van der Waals surface area (Å²) in [5.41, 5.74) is 6.42. The van der Waals surface area contributed by atoms with Gasteiger partial charge in [0.15, 0.2) is 11.9 Å². The van der Waals surface area contributed by atoms with Gasteiger partial charge >= 0.3 is 0 Å². The summed E-state index contributed by atoms with van der Waals surface area (Å²) in [6.45, 7) is 0.413. The highest BCUT2D eigenvalue weighted by atomic mass is 32.1. The molecule has 1 aromatic carbocycles. The number of fused-ring (bicyclic) bond motifs is 3. The van der Waals surface area contributed by atoms with Crippen LogP contribution in [-0.4, -0.2) is 64.6 Å². The summed E-state index contributed by atoms with van der Waals surface area (Å²) in [5.74, 6) is 0.139. The van der Waals surface area contributed by atoms with E-state index in [1.165, 1.54) is 11.1 Å². The largest absolute Gasteiger partial charge is 0.382 e. The van der Waals surface area contributed by atoms with E-state index in [4.69, 9.17) is 10.5 Å². The molecule has 13 nitrogen and oxygen atoms in total. The molecule has 1 fully saturated rings. The van der Waals surface area contributed by atoms with E-state index >= 15 is 0 Å². The van der Waals surface area contributed by atoms with Crippen LogP contribution >= 0.6 is 11.5 Å². The van der Waals surface area contributed by atoms with E-state index in [9.17, 15) is 14.7 Å². The molecule has 0 spiro atoms. The Kier molecular flexibility index (Phi) is 4.98. The number of rotatable bonds is 4. The molecule has 0 saturated carbocycles. The van der Waals surface area contributed by atoms with E-state index in [0.29, 0.717) is 38.3 Å². The molecule has 2 atom stereocenters. The number of carbonyl (C=O) groups excluding carboxylic acids is 1. The third kappa shape index (κ3) is 3.51. The monoisotopic (exact) mass is 491 g/mol. The van der Waals surface area contributed by atoms with E-state index in [-0.39, 0.29) is 19.0 Å². The summed E-state index contributed by atoms with van der Waals surface area (Å²) in [4.78, 5) is 34.5. The van der Waals surface area contributed by atoms with Crippen molar-refractivity contribution in [2.75, 3.05) is 23.8 Å². The summed E-state index contributed by atoms with van der Waals surface area (Å²) >= 11 is 1.10. The van der Waals surface area contributed by atoms with Gasteiger partial charge in [-0.2, -0.15) is 14.6 Å². The molecule has 2 unspecified atom stereocenters. The second kappa shape index (κ2) is 8.19. The summed E-state index contributed by atoms with van der Waals surface area (Å²) < 4.78 is 11.9. The number of nitrogens with two attached hydrogens (primary N) is 1. The number of hydrogen-bond donors (Lipinski definition) is 3. The number of aromatic amines is 1. The normalized spacial score (nSPS) is 17.3. The van der Waals surface area contributed by atoms with Crippen LogP contribution in [0.3, 0.4) is 0 Å². The second-order valence-electron chi connectivity index (χ2n) is 7.80. The minimum Gasteiger partial charge on any atom is -0.382 e. The Hall–Kier alpha value is -4.27. The molecule has 4 N–H and O–H groups in total. The van der Waals surface area contributed by atoms with Gasteiger partial charge < -0.3 is 20.6 Å².